The second kappa shape index (κ2) is 7.02. The van der Waals surface area contributed by atoms with Crippen LogP contribution in [-0.2, 0) is 0 Å². The first-order chi connectivity index (χ1) is 11.0. The van der Waals surface area contributed by atoms with Gasteiger partial charge in [-0.05, 0) is 35.9 Å². The quantitative estimate of drug-likeness (QED) is 0.706. The van der Waals surface area contributed by atoms with Crippen molar-refractivity contribution in [1.29, 1.82) is 0 Å². The Kier molecular flexibility index (Phi) is 5.08. The van der Waals surface area contributed by atoms with Gasteiger partial charge in [-0.1, -0.05) is 6.07 Å². The van der Waals surface area contributed by atoms with Crippen LogP contribution in [0.1, 0.15) is 21.8 Å². The minimum Gasteiger partial charge on any atom is -0.507 e. The summed E-state index contributed by atoms with van der Waals surface area (Å²) in [7, 11) is 2.84. The number of hydrogen-bond donors (Lipinski definition) is 3. The van der Waals surface area contributed by atoms with Gasteiger partial charge in [0.15, 0.2) is 17.3 Å². The fraction of sp³-hybridized carbons (Fsp3) is 0.235. The Bertz CT molecular complexity index is 710. The second-order valence-electron chi connectivity index (χ2n) is 4.91. The summed E-state index contributed by atoms with van der Waals surface area (Å²) in [5, 5.41) is 29.2. The molecule has 0 spiro atoms. The molecule has 6 heteroatoms. The maximum absolute atomic E-state index is 12.7. The zero-order valence-electron chi connectivity index (χ0n) is 12.8. The van der Waals surface area contributed by atoms with Gasteiger partial charge in [0.1, 0.15) is 11.5 Å². The molecule has 0 radical (unpaired) electrons. The maximum Gasteiger partial charge on any atom is 0.176 e. The molecule has 0 aliphatic carbocycles. The van der Waals surface area contributed by atoms with Gasteiger partial charge in [0.05, 0.1) is 32.3 Å². The minimum atomic E-state index is -0.900. The van der Waals surface area contributed by atoms with Crippen LogP contribution < -0.4 is 9.47 Å². The molecule has 6 nitrogen and oxygen atoms in total. The van der Waals surface area contributed by atoms with E-state index < -0.39 is 18.3 Å². The molecule has 3 N–H and O–H groups in total. The van der Waals surface area contributed by atoms with Crippen LogP contribution in [0.4, 0.5) is 0 Å². The highest BCUT2D eigenvalue weighted by Crippen LogP contribution is 2.33. The molecule has 122 valence electrons. The number of phenolic OH excluding ortho intramolecular Hbond substituents is 2. The standard InChI is InChI=1S/C17H18O6/c1-22-11-4-6-14(19)12(8-11)17(21)13(9-18)10-3-5-15(20)16(7-10)23-2/h3-8,13,18-20H,9H2,1-2H3. The third kappa shape index (κ3) is 3.37. The van der Waals surface area contributed by atoms with Crippen molar-refractivity contribution in [1.82, 2.24) is 0 Å². The smallest absolute Gasteiger partial charge is 0.176 e. The molecule has 2 aromatic carbocycles. The average Bonchev–Trinajstić information content (AvgIpc) is 2.57. The van der Waals surface area contributed by atoms with E-state index in [-0.39, 0.29) is 22.8 Å². The van der Waals surface area contributed by atoms with Gasteiger partial charge in [-0.15, -0.1) is 0 Å². The molecule has 0 fully saturated rings. The van der Waals surface area contributed by atoms with Gasteiger partial charge in [0, 0.05) is 0 Å². The van der Waals surface area contributed by atoms with Gasteiger partial charge in [-0.25, -0.2) is 0 Å². The van der Waals surface area contributed by atoms with Crippen molar-refractivity contribution in [3.8, 4) is 23.0 Å². The average molecular weight is 318 g/mol. The lowest BCUT2D eigenvalue weighted by molar-refractivity contribution is 0.0919. The molecule has 0 aliphatic rings. The summed E-state index contributed by atoms with van der Waals surface area (Å²) in [5.74, 6) is -1.00. The molecule has 0 saturated carbocycles. The number of Topliss-reactive ketones (excluding diaryl/α,β-unsaturated/α-hetero) is 1. The molecule has 0 aliphatic heterocycles. The van der Waals surface area contributed by atoms with E-state index in [9.17, 15) is 20.1 Å². The van der Waals surface area contributed by atoms with Gasteiger partial charge in [-0.2, -0.15) is 0 Å². The molecule has 0 amide bonds. The number of ketones is 1. The second-order valence-corrected chi connectivity index (χ2v) is 4.91. The minimum absolute atomic E-state index is 0.0513. The van der Waals surface area contributed by atoms with Gasteiger partial charge in [0.2, 0.25) is 0 Å². The van der Waals surface area contributed by atoms with Crippen LogP contribution in [0, 0.1) is 0 Å². The highest BCUT2D eigenvalue weighted by atomic mass is 16.5. The topological polar surface area (TPSA) is 96.2 Å². The zero-order chi connectivity index (χ0) is 17.0. The van der Waals surface area contributed by atoms with Gasteiger partial charge < -0.3 is 24.8 Å². The summed E-state index contributed by atoms with van der Waals surface area (Å²) in [5.41, 5.74) is 0.518. The SMILES string of the molecule is COc1ccc(O)c(C(=O)C(CO)c2ccc(O)c(OC)c2)c1. The van der Waals surface area contributed by atoms with Crippen molar-refractivity contribution in [3.05, 3.63) is 47.5 Å². The first-order valence-electron chi connectivity index (χ1n) is 6.90. The van der Waals surface area contributed by atoms with Crippen LogP contribution in [-0.4, -0.2) is 41.9 Å². The van der Waals surface area contributed by atoms with E-state index in [0.717, 1.165) is 0 Å². The number of benzene rings is 2. The van der Waals surface area contributed by atoms with Gasteiger partial charge in [0.25, 0.3) is 0 Å². The Balaban J connectivity index is 2.43. The van der Waals surface area contributed by atoms with Gasteiger partial charge in [-0.3, -0.25) is 4.79 Å². The molecular formula is C17H18O6. The van der Waals surface area contributed by atoms with Crippen LogP contribution in [0.2, 0.25) is 0 Å². The highest BCUT2D eigenvalue weighted by Gasteiger charge is 2.25. The molecule has 0 bridgehead atoms. The van der Waals surface area contributed by atoms with Crippen molar-refractivity contribution in [3.63, 3.8) is 0 Å². The van der Waals surface area contributed by atoms with Crippen LogP contribution >= 0.6 is 0 Å². The Morgan fingerprint density at radius 3 is 2.35 bits per heavy atom. The zero-order valence-corrected chi connectivity index (χ0v) is 12.8. The van der Waals surface area contributed by atoms with E-state index in [1.54, 1.807) is 0 Å². The van der Waals surface area contributed by atoms with Crippen molar-refractivity contribution in [2.45, 2.75) is 5.92 Å². The molecule has 2 rings (SSSR count). The van der Waals surface area contributed by atoms with E-state index in [2.05, 4.69) is 0 Å². The summed E-state index contributed by atoms with van der Waals surface area (Å²) in [4.78, 5) is 12.7. The van der Waals surface area contributed by atoms with E-state index in [1.165, 1.54) is 50.6 Å². The maximum atomic E-state index is 12.7. The number of methoxy groups -OCH3 is 2. The lowest BCUT2D eigenvalue weighted by atomic mass is 9.90. The van der Waals surface area contributed by atoms with Crippen LogP contribution in [0.25, 0.3) is 0 Å². The van der Waals surface area contributed by atoms with Crippen molar-refractivity contribution >= 4 is 5.78 Å². The molecule has 0 saturated heterocycles. The molecule has 2 aromatic rings. The highest BCUT2D eigenvalue weighted by molar-refractivity contribution is 6.03. The number of phenols is 2. The Morgan fingerprint density at radius 2 is 1.74 bits per heavy atom. The van der Waals surface area contributed by atoms with E-state index in [0.29, 0.717) is 11.3 Å². The summed E-state index contributed by atoms with van der Waals surface area (Å²) >= 11 is 0. The van der Waals surface area contributed by atoms with Crippen molar-refractivity contribution in [2.75, 3.05) is 20.8 Å². The monoisotopic (exact) mass is 318 g/mol. The first-order valence-corrected chi connectivity index (χ1v) is 6.90. The molecule has 0 heterocycles. The lowest BCUT2D eigenvalue weighted by Crippen LogP contribution is -2.17. The summed E-state index contributed by atoms with van der Waals surface area (Å²) < 4.78 is 10.1. The Morgan fingerprint density at radius 1 is 1.04 bits per heavy atom. The predicted octanol–water partition coefficient (Wildman–Crippen LogP) is 2.07. The number of rotatable bonds is 6. The van der Waals surface area contributed by atoms with E-state index in [4.69, 9.17) is 9.47 Å². The number of carbonyl (C=O) groups excluding carboxylic acids is 1. The number of ether oxygens (including phenoxy) is 2. The Hall–Kier alpha value is -2.73. The molecule has 0 aromatic heterocycles. The van der Waals surface area contributed by atoms with E-state index >= 15 is 0 Å². The molecule has 1 atom stereocenters. The largest absolute Gasteiger partial charge is 0.507 e. The fourth-order valence-corrected chi connectivity index (χ4v) is 2.28. The van der Waals surface area contributed by atoms with E-state index in [1.807, 2.05) is 0 Å². The lowest BCUT2D eigenvalue weighted by Gasteiger charge is -2.16. The third-order valence-electron chi connectivity index (χ3n) is 3.57. The normalized spacial score (nSPS) is 11.8. The summed E-state index contributed by atoms with van der Waals surface area (Å²) in [6.45, 7) is -0.455. The van der Waals surface area contributed by atoms with Crippen molar-refractivity contribution in [2.24, 2.45) is 0 Å². The summed E-state index contributed by atoms with van der Waals surface area (Å²) in [6, 6.07) is 8.69. The number of aliphatic hydroxyl groups excluding tert-OH is 1. The third-order valence-corrected chi connectivity index (χ3v) is 3.57. The number of carbonyl (C=O) groups is 1. The van der Waals surface area contributed by atoms with Gasteiger partial charge >= 0.3 is 0 Å². The van der Waals surface area contributed by atoms with Crippen LogP contribution in [0.5, 0.6) is 23.0 Å². The molecule has 1 unspecified atom stereocenters. The van der Waals surface area contributed by atoms with Crippen LogP contribution in [0.3, 0.4) is 0 Å². The summed E-state index contributed by atoms with van der Waals surface area (Å²) in [6.07, 6.45) is 0. The Labute approximate surface area is 133 Å². The number of aromatic hydroxyl groups is 2. The first kappa shape index (κ1) is 16.6. The predicted molar refractivity (Wildman–Crippen MR) is 83.5 cm³/mol. The van der Waals surface area contributed by atoms with Crippen molar-refractivity contribution < 1.29 is 29.6 Å². The van der Waals surface area contributed by atoms with Crippen LogP contribution in [0.15, 0.2) is 36.4 Å². The number of aliphatic hydroxyl groups is 1. The molecule has 23 heavy (non-hydrogen) atoms. The number of hydrogen-bond acceptors (Lipinski definition) is 6. The molecular weight excluding hydrogens is 300 g/mol. The fourth-order valence-electron chi connectivity index (χ4n) is 2.28.